The highest BCUT2D eigenvalue weighted by Gasteiger charge is 2.33. The van der Waals surface area contributed by atoms with E-state index in [9.17, 15) is 4.79 Å². The van der Waals surface area contributed by atoms with Gasteiger partial charge in [0.25, 0.3) is 0 Å². The van der Waals surface area contributed by atoms with Gasteiger partial charge in [0.05, 0.1) is 0 Å². The highest BCUT2D eigenvalue weighted by molar-refractivity contribution is 5.75. The minimum absolute atomic E-state index is 0.147. The van der Waals surface area contributed by atoms with Crippen LogP contribution < -0.4 is 5.32 Å². The number of nitrogens with zero attached hydrogens (tertiary/aromatic N) is 1. The van der Waals surface area contributed by atoms with Crippen LogP contribution in [0.1, 0.15) is 19.3 Å². The number of nitrogens with one attached hydrogen (secondary N) is 1. The maximum absolute atomic E-state index is 11.1. The van der Waals surface area contributed by atoms with E-state index in [1.807, 2.05) is 4.90 Å². The van der Waals surface area contributed by atoms with Gasteiger partial charge >= 0.3 is 6.03 Å². The van der Waals surface area contributed by atoms with Gasteiger partial charge in [-0.05, 0) is 19.3 Å². The first kappa shape index (κ1) is 6.01. The van der Waals surface area contributed by atoms with Crippen LogP contribution >= 0.6 is 0 Å². The number of carbonyl (C=O) groups excluding carboxylic acids is 1. The summed E-state index contributed by atoms with van der Waals surface area (Å²) in [4.78, 5) is 13.1. The van der Waals surface area contributed by atoms with Crippen LogP contribution in [0.2, 0.25) is 0 Å². The lowest BCUT2D eigenvalue weighted by atomic mass is 10.3. The molecule has 2 fully saturated rings. The number of urea groups is 1. The van der Waals surface area contributed by atoms with E-state index in [1.54, 1.807) is 0 Å². The van der Waals surface area contributed by atoms with Gasteiger partial charge in [0, 0.05) is 19.1 Å². The summed E-state index contributed by atoms with van der Waals surface area (Å²) in [6, 6.07) is 0.731. The first-order chi connectivity index (χ1) is 4.88. The Morgan fingerprint density at radius 2 is 2.30 bits per heavy atom. The van der Waals surface area contributed by atoms with Gasteiger partial charge in [-0.2, -0.15) is 0 Å². The number of carbonyl (C=O) groups is 1. The van der Waals surface area contributed by atoms with E-state index in [1.165, 1.54) is 12.8 Å². The molecule has 56 valence electrons. The zero-order valence-electron chi connectivity index (χ0n) is 5.97. The molecule has 2 amide bonds. The van der Waals surface area contributed by atoms with Crippen molar-refractivity contribution in [1.82, 2.24) is 10.2 Å². The monoisotopic (exact) mass is 140 g/mol. The normalized spacial score (nSPS) is 26.4. The van der Waals surface area contributed by atoms with Gasteiger partial charge in [-0.3, -0.25) is 0 Å². The second kappa shape index (κ2) is 2.15. The van der Waals surface area contributed by atoms with E-state index in [0.717, 1.165) is 19.5 Å². The molecule has 1 N–H and O–H groups in total. The van der Waals surface area contributed by atoms with Gasteiger partial charge in [0.1, 0.15) is 0 Å². The molecule has 2 rings (SSSR count). The van der Waals surface area contributed by atoms with E-state index in [2.05, 4.69) is 5.32 Å². The third kappa shape index (κ3) is 0.958. The average molecular weight is 140 g/mol. The van der Waals surface area contributed by atoms with Crippen LogP contribution in [0.4, 0.5) is 4.79 Å². The number of hydrogen-bond donors (Lipinski definition) is 1. The molecule has 1 heterocycles. The smallest absolute Gasteiger partial charge is 0.317 e. The lowest BCUT2D eigenvalue weighted by molar-refractivity contribution is 0.183. The summed E-state index contributed by atoms with van der Waals surface area (Å²) in [6.45, 7) is 1.83. The fourth-order valence-corrected chi connectivity index (χ4v) is 1.38. The van der Waals surface area contributed by atoms with Gasteiger partial charge in [0.15, 0.2) is 0 Å². The van der Waals surface area contributed by atoms with Gasteiger partial charge in [-0.1, -0.05) is 0 Å². The van der Waals surface area contributed by atoms with Crippen LogP contribution in [0.25, 0.3) is 0 Å². The molecule has 2 aliphatic rings. The molecular formula is C7H12N2O. The Balaban J connectivity index is 1.96. The zero-order chi connectivity index (χ0) is 6.97. The summed E-state index contributed by atoms with van der Waals surface area (Å²) < 4.78 is 0. The molecule has 3 nitrogen and oxygen atoms in total. The largest absolute Gasteiger partial charge is 0.338 e. The molecule has 1 aliphatic heterocycles. The molecule has 10 heavy (non-hydrogen) atoms. The van der Waals surface area contributed by atoms with Crippen LogP contribution in [0.3, 0.4) is 0 Å². The molecule has 3 heteroatoms. The van der Waals surface area contributed by atoms with E-state index < -0.39 is 0 Å². The van der Waals surface area contributed by atoms with Crippen molar-refractivity contribution < 1.29 is 4.79 Å². The second-order valence-electron chi connectivity index (χ2n) is 3.01. The van der Waals surface area contributed by atoms with E-state index in [-0.39, 0.29) is 6.03 Å². The summed E-state index contributed by atoms with van der Waals surface area (Å²) in [5.74, 6) is 0. The van der Waals surface area contributed by atoms with Crippen LogP contribution in [0.15, 0.2) is 0 Å². The highest BCUT2D eigenvalue weighted by atomic mass is 16.2. The summed E-state index contributed by atoms with van der Waals surface area (Å²) in [7, 11) is 0. The third-order valence-electron chi connectivity index (χ3n) is 2.10. The van der Waals surface area contributed by atoms with Crippen molar-refractivity contribution in [1.29, 1.82) is 0 Å². The Labute approximate surface area is 60.4 Å². The van der Waals surface area contributed by atoms with Crippen LogP contribution in [-0.2, 0) is 0 Å². The summed E-state index contributed by atoms with van der Waals surface area (Å²) in [5.41, 5.74) is 0. The molecule has 1 aliphatic carbocycles. The van der Waals surface area contributed by atoms with Gasteiger partial charge in [-0.25, -0.2) is 4.79 Å². The SMILES string of the molecule is O=C1NCCCN1C1CC1. The topological polar surface area (TPSA) is 32.3 Å². The predicted octanol–water partition coefficient (Wildman–Crippen LogP) is 0.564. The molecular weight excluding hydrogens is 128 g/mol. The first-order valence-corrected chi connectivity index (χ1v) is 3.92. The van der Waals surface area contributed by atoms with E-state index in [4.69, 9.17) is 0 Å². The van der Waals surface area contributed by atoms with Crippen LogP contribution in [-0.4, -0.2) is 30.1 Å². The van der Waals surface area contributed by atoms with Crippen molar-refractivity contribution >= 4 is 6.03 Å². The van der Waals surface area contributed by atoms with Crippen LogP contribution in [0, 0.1) is 0 Å². The van der Waals surface area contributed by atoms with Crippen molar-refractivity contribution in [2.45, 2.75) is 25.3 Å². The number of amides is 2. The lowest BCUT2D eigenvalue weighted by Gasteiger charge is -2.27. The molecule has 1 saturated heterocycles. The maximum atomic E-state index is 11.1. The molecule has 0 aromatic heterocycles. The molecule has 0 bridgehead atoms. The summed E-state index contributed by atoms with van der Waals surface area (Å²) >= 11 is 0. The highest BCUT2D eigenvalue weighted by Crippen LogP contribution is 2.27. The third-order valence-corrected chi connectivity index (χ3v) is 2.10. The van der Waals surface area contributed by atoms with Crippen molar-refractivity contribution in [3.05, 3.63) is 0 Å². The van der Waals surface area contributed by atoms with Crippen molar-refractivity contribution in [2.24, 2.45) is 0 Å². The average Bonchev–Trinajstić information content (AvgIpc) is 2.71. The summed E-state index contributed by atoms with van der Waals surface area (Å²) in [5, 5.41) is 2.84. The maximum Gasteiger partial charge on any atom is 0.317 e. The zero-order valence-corrected chi connectivity index (χ0v) is 5.97. The molecule has 0 aromatic carbocycles. The van der Waals surface area contributed by atoms with Gasteiger partial charge in [-0.15, -0.1) is 0 Å². The molecule has 0 unspecified atom stereocenters. The van der Waals surface area contributed by atoms with Crippen molar-refractivity contribution in [3.63, 3.8) is 0 Å². The Morgan fingerprint density at radius 1 is 1.50 bits per heavy atom. The van der Waals surface area contributed by atoms with Gasteiger partial charge in [0.2, 0.25) is 0 Å². The molecule has 0 aromatic rings. The Kier molecular flexibility index (Phi) is 1.29. The minimum atomic E-state index is 0.147. The van der Waals surface area contributed by atoms with E-state index >= 15 is 0 Å². The quantitative estimate of drug-likeness (QED) is 0.567. The van der Waals surface area contributed by atoms with Crippen molar-refractivity contribution in [2.75, 3.05) is 13.1 Å². The van der Waals surface area contributed by atoms with Gasteiger partial charge < -0.3 is 10.2 Å². The molecule has 0 spiro atoms. The number of hydrogen-bond acceptors (Lipinski definition) is 1. The fourth-order valence-electron chi connectivity index (χ4n) is 1.38. The van der Waals surface area contributed by atoms with E-state index in [0.29, 0.717) is 6.04 Å². The number of rotatable bonds is 1. The van der Waals surface area contributed by atoms with Crippen molar-refractivity contribution in [3.8, 4) is 0 Å². The molecule has 0 atom stereocenters. The summed E-state index contributed by atoms with van der Waals surface area (Å²) in [6.07, 6.45) is 3.54. The molecule has 1 saturated carbocycles. The minimum Gasteiger partial charge on any atom is -0.338 e. The second-order valence-corrected chi connectivity index (χ2v) is 3.01. The van der Waals surface area contributed by atoms with Crippen LogP contribution in [0.5, 0.6) is 0 Å². The standard InChI is InChI=1S/C7H12N2O/c10-7-8-4-1-5-9(7)6-2-3-6/h6H,1-5H2,(H,8,10). The lowest BCUT2D eigenvalue weighted by Crippen LogP contribution is -2.47. The fraction of sp³-hybridized carbons (Fsp3) is 0.857. The Bertz CT molecular complexity index is 154. The first-order valence-electron chi connectivity index (χ1n) is 3.92. The Hall–Kier alpha value is -0.730. The molecule has 0 radical (unpaired) electrons. The predicted molar refractivity (Wildman–Crippen MR) is 37.7 cm³/mol. The Morgan fingerprint density at radius 3 is 2.90 bits per heavy atom.